The summed E-state index contributed by atoms with van der Waals surface area (Å²) in [5.74, 6) is 0. The van der Waals surface area contributed by atoms with Gasteiger partial charge in [0.1, 0.15) is 0 Å². The summed E-state index contributed by atoms with van der Waals surface area (Å²) >= 11 is 1.80. The van der Waals surface area contributed by atoms with Gasteiger partial charge in [0.15, 0.2) is 0 Å². The molecule has 2 saturated heterocycles. The van der Waals surface area contributed by atoms with Gasteiger partial charge in [0.2, 0.25) is 0 Å². The summed E-state index contributed by atoms with van der Waals surface area (Å²) in [5.41, 5.74) is 8.71. The smallest absolute Gasteiger partial charge is 0.0423 e. The molecular weight excluding hydrogens is 278 g/mol. The summed E-state index contributed by atoms with van der Waals surface area (Å²) in [7, 11) is 0. The summed E-state index contributed by atoms with van der Waals surface area (Å²) in [6, 6.07) is 7.36. The zero-order valence-corrected chi connectivity index (χ0v) is 13.9. The van der Waals surface area contributed by atoms with E-state index in [2.05, 4.69) is 34.3 Å². The van der Waals surface area contributed by atoms with Crippen molar-refractivity contribution in [1.82, 2.24) is 4.90 Å². The maximum atomic E-state index is 6.02. The number of rotatable bonds is 4. The van der Waals surface area contributed by atoms with Crippen LogP contribution in [0.25, 0.3) is 0 Å². The molecule has 3 rings (SSSR count). The van der Waals surface area contributed by atoms with Crippen molar-refractivity contribution >= 4 is 17.4 Å². The summed E-state index contributed by atoms with van der Waals surface area (Å²) in [6.45, 7) is 5.58. The molecule has 2 aliphatic heterocycles. The van der Waals surface area contributed by atoms with Gasteiger partial charge in [-0.2, -0.15) is 0 Å². The van der Waals surface area contributed by atoms with Gasteiger partial charge < -0.3 is 10.6 Å². The summed E-state index contributed by atoms with van der Waals surface area (Å²) in [6.07, 6.45) is 7.62. The number of hydrogen-bond acceptors (Lipinski definition) is 4. The lowest BCUT2D eigenvalue weighted by Crippen LogP contribution is -2.41. The highest BCUT2D eigenvalue weighted by Crippen LogP contribution is 2.32. The first-order valence-electron chi connectivity index (χ1n) is 8.18. The van der Waals surface area contributed by atoms with Gasteiger partial charge in [-0.3, -0.25) is 4.90 Å². The molecule has 0 radical (unpaired) electrons. The standard InChI is InChI=1S/C17H27N3S/c1-21-17-7-5-6-16(15(17)12-18)20-11-8-14(13-20)19-9-3-2-4-10-19/h5-7,14H,2-4,8-13,18H2,1H3. The van der Waals surface area contributed by atoms with E-state index in [4.69, 9.17) is 5.73 Å². The number of benzene rings is 1. The van der Waals surface area contributed by atoms with Crippen LogP contribution in [0.3, 0.4) is 0 Å². The van der Waals surface area contributed by atoms with Crippen LogP contribution in [-0.4, -0.2) is 43.4 Å². The van der Waals surface area contributed by atoms with Gasteiger partial charge in [0.05, 0.1) is 0 Å². The topological polar surface area (TPSA) is 32.5 Å². The largest absolute Gasteiger partial charge is 0.370 e. The Bertz CT molecular complexity index is 471. The second-order valence-corrected chi connectivity index (χ2v) is 7.00. The second kappa shape index (κ2) is 7.03. The monoisotopic (exact) mass is 305 g/mol. The zero-order valence-electron chi connectivity index (χ0n) is 13.1. The van der Waals surface area contributed by atoms with Crippen molar-refractivity contribution < 1.29 is 0 Å². The van der Waals surface area contributed by atoms with Crippen LogP contribution in [0.5, 0.6) is 0 Å². The fraction of sp³-hybridized carbons (Fsp3) is 0.647. The van der Waals surface area contributed by atoms with E-state index >= 15 is 0 Å². The average Bonchev–Trinajstić information content (AvgIpc) is 3.04. The Morgan fingerprint density at radius 2 is 2.00 bits per heavy atom. The van der Waals surface area contributed by atoms with Crippen LogP contribution >= 0.6 is 11.8 Å². The van der Waals surface area contributed by atoms with Gasteiger partial charge in [-0.25, -0.2) is 0 Å². The first-order valence-corrected chi connectivity index (χ1v) is 9.41. The quantitative estimate of drug-likeness (QED) is 0.867. The van der Waals surface area contributed by atoms with Crippen molar-refractivity contribution in [2.24, 2.45) is 5.73 Å². The van der Waals surface area contributed by atoms with Gasteiger partial charge in [-0.05, 0) is 50.7 Å². The minimum atomic E-state index is 0.636. The number of thioether (sulfide) groups is 1. The first kappa shape index (κ1) is 15.2. The third-order valence-electron chi connectivity index (χ3n) is 4.94. The van der Waals surface area contributed by atoms with E-state index in [1.54, 1.807) is 11.8 Å². The number of nitrogens with zero attached hydrogens (tertiary/aromatic N) is 2. The van der Waals surface area contributed by atoms with Crippen molar-refractivity contribution in [1.29, 1.82) is 0 Å². The molecule has 3 nitrogen and oxygen atoms in total. The Hall–Kier alpha value is -0.710. The Morgan fingerprint density at radius 1 is 1.19 bits per heavy atom. The highest BCUT2D eigenvalue weighted by Gasteiger charge is 2.29. The van der Waals surface area contributed by atoms with Gasteiger partial charge in [0, 0.05) is 41.8 Å². The zero-order chi connectivity index (χ0) is 14.7. The maximum Gasteiger partial charge on any atom is 0.0423 e. The predicted octanol–water partition coefficient (Wildman–Crippen LogP) is 2.93. The molecule has 0 bridgehead atoms. The summed E-state index contributed by atoms with van der Waals surface area (Å²) < 4.78 is 0. The Labute approximate surface area is 132 Å². The number of likely N-dealkylation sites (tertiary alicyclic amines) is 1. The van der Waals surface area contributed by atoms with Gasteiger partial charge in [-0.1, -0.05) is 12.5 Å². The fourth-order valence-corrected chi connectivity index (χ4v) is 4.44. The third kappa shape index (κ3) is 3.22. The summed E-state index contributed by atoms with van der Waals surface area (Å²) in [5, 5.41) is 0. The molecule has 0 spiro atoms. The van der Waals surface area contributed by atoms with Crippen molar-refractivity contribution in [3.05, 3.63) is 23.8 Å². The van der Waals surface area contributed by atoms with Crippen LogP contribution in [0.15, 0.2) is 23.1 Å². The van der Waals surface area contributed by atoms with Crippen LogP contribution in [-0.2, 0) is 6.54 Å². The van der Waals surface area contributed by atoms with Crippen molar-refractivity contribution in [2.45, 2.75) is 43.2 Å². The van der Waals surface area contributed by atoms with Crippen molar-refractivity contribution in [2.75, 3.05) is 37.3 Å². The van der Waals surface area contributed by atoms with E-state index in [0.717, 1.165) is 6.04 Å². The molecule has 2 aliphatic rings. The molecule has 2 N–H and O–H groups in total. The molecule has 4 heteroatoms. The normalized spacial score (nSPS) is 23.7. The molecule has 116 valence electrons. The lowest BCUT2D eigenvalue weighted by atomic mass is 10.1. The predicted molar refractivity (Wildman–Crippen MR) is 92.2 cm³/mol. The van der Waals surface area contributed by atoms with E-state index in [0.29, 0.717) is 6.54 Å². The molecule has 21 heavy (non-hydrogen) atoms. The highest BCUT2D eigenvalue weighted by molar-refractivity contribution is 7.98. The van der Waals surface area contributed by atoms with Crippen LogP contribution in [0, 0.1) is 0 Å². The van der Waals surface area contributed by atoms with E-state index in [1.165, 1.54) is 68.0 Å². The molecular formula is C17H27N3S. The third-order valence-corrected chi connectivity index (χ3v) is 5.77. The lowest BCUT2D eigenvalue weighted by molar-refractivity contribution is 0.175. The maximum absolute atomic E-state index is 6.02. The van der Waals surface area contributed by atoms with Crippen molar-refractivity contribution in [3.63, 3.8) is 0 Å². The van der Waals surface area contributed by atoms with Crippen molar-refractivity contribution in [3.8, 4) is 0 Å². The molecule has 0 saturated carbocycles. The van der Waals surface area contributed by atoms with E-state index in [9.17, 15) is 0 Å². The van der Waals surface area contributed by atoms with E-state index in [-0.39, 0.29) is 0 Å². The van der Waals surface area contributed by atoms with E-state index < -0.39 is 0 Å². The molecule has 0 aromatic heterocycles. The number of anilines is 1. The Kier molecular flexibility index (Phi) is 5.09. The van der Waals surface area contributed by atoms with Crippen LogP contribution < -0.4 is 10.6 Å². The van der Waals surface area contributed by atoms with Gasteiger partial charge >= 0.3 is 0 Å². The molecule has 1 aromatic carbocycles. The number of hydrogen-bond donors (Lipinski definition) is 1. The van der Waals surface area contributed by atoms with Crippen LogP contribution in [0.1, 0.15) is 31.2 Å². The minimum absolute atomic E-state index is 0.636. The van der Waals surface area contributed by atoms with Crippen LogP contribution in [0.2, 0.25) is 0 Å². The molecule has 0 amide bonds. The number of piperidine rings is 1. The lowest BCUT2D eigenvalue weighted by Gasteiger charge is -2.32. The van der Waals surface area contributed by atoms with Gasteiger partial charge in [-0.15, -0.1) is 11.8 Å². The average molecular weight is 305 g/mol. The molecule has 2 heterocycles. The van der Waals surface area contributed by atoms with Crippen LogP contribution in [0.4, 0.5) is 5.69 Å². The molecule has 0 aliphatic carbocycles. The van der Waals surface area contributed by atoms with E-state index in [1.807, 2.05) is 0 Å². The molecule has 1 aromatic rings. The molecule has 1 atom stereocenters. The minimum Gasteiger partial charge on any atom is -0.370 e. The van der Waals surface area contributed by atoms with Gasteiger partial charge in [0.25, 0.3) is 0 Å². The fourth-order valence-electron chi connectivity index (χ4n) is 3.79. The molecule has 1 unspecified atom stereocenters. The Morgan fingerprint density at radius 3 is 2.71 bits per heavy atom. The second-order valence-electron chi connectivity index (χ2n) is 6.15. The SMILES string of the molecule is CSc1cccc(N2CCC(N3CCCCC3)C2)c1CN. The summed E-state index contributed by atoms with van der Waals surface area (Å²) in [4.78, 5) is 6.60. The highest BCUT2D eigenvalue weighted by atomic mass is 32.2. The number of nitrogens with two attached hydrogens (primary N) is 1. The first-order chi connectivity index (χ1) is 10.3. The Balaban J connectivity index is 1.73. The molecule has 2 fully saturated rings.